The smallest absolute Gasteiger partial charge is 0.162 e. The van der Waals surface area contributed by atoms with Gasteiger partial charge in [0.2, 0.25) is 0 Å². The highest BCUT2D eigenvalue weighted by molar-refractivity contribution is 9.10. The Kier molecular flexibility index (Phi) is 2.93. The maximum atomic E-state index is 13.1. The van der Waals surface area contributed by atoms with Crippen molar-refractivity contribution < 1.29 is 9.50 Å². The summed E-state index contributed by atoms with van der Waals surface area (Å²) in [5.74, 6) is -0.633. The summed E-state index contributed by atoms with van der Waals surface area (Å²) in [6.07, 6.45) is 0. The summed E-state index contributed by atoms with van der Waals surface area (Å²) in [6, 6.07) is 1.42. The zero-order valence-electron chi connectivity index (χ0n) is 5.94. The summed E-state index contributed by atoms with van der Waals surface area (Å²) in [7, 11) is 0. The first-order valence-electron chi connectivity index (χ1n) is 3.10. The fraction of sp³-hybridized carbons (Fsp3) is 0.143. The molecule has 5 heteroatoms. The van der Waals surface area contributed by atoms with Crippen molar-refractivity contribution in [3.8, 4) is 0 Å². The van der Waals surface area contributed by atoms with E-state index in [2.05, 4.69) is 15.9 Å². The van der Waals surface area contributed by atoms with E-state index in [1.807, 2.05) is 0 Å². The number of benzene rings is 1. The van der Waals surface area contributed by atoms with Crippen molar-refractivity contribution >= 4 is 33.2 Å². The summed E-state index contributed by atoms with van der Waals surface area (Å²) >= 11 is 8.54. The first kappa shape index (κ1) is 9.77. The van der Waals surface area contributed by atoms with Crippen LogP contribution in [-0.2, 0) is 6.61 Å². The Balaban J connectivity index is 3.39. The minimum absolute atomic E-state index is 0.0752. The van der Waals surface area contributed by atoms with Crippen LogP contribution < -0.4 is 5.73 Å². The number of halogens is 3. The van der Waals surface area contributed by atoms with Gasteiger partial charge in [0.05, 0.1) is 21.8 Å². The number of hydrogen-bond donors (Lipinski definition) is 2. The minimum atomic E-state index is -0.633. The lowest BCUT2D eigenvalue weighted by molar-refractivity contribution is 0.282. The number of rotatable bonds is 1. The van der Waals surface area contributed by atoms with Gasteiger partial charge in [-0.05, 0) is 22.0 Å². The van der Waals surface area contributed by atoms with Crippen molar-refractivity contribution in [3.63, 3.8) is 0 Å². The van der Waals surface area contributed by atoms with E-state index in [-0.39, 0.29) is 21.8 Å². The Bertz CT molecular complexity index is 319. The highest BCUT2D eigenvalue weighted by atomic mass is 79.9. The van der Waals surface area contributed by atoms with Gasteiger partial charge in [0.15, 0.2) is 5.82 Å². The summed E-state index contributed by atoms with van der Waals surface area (Å²) in [6.45, 7) is -0.324. The number of anilines is 1. The van der Waals surface area contributed by atoms with Gasteiger partial charge < -0.3 is 10.8 Å². The van der Waals surface area contributed by atoms with Crippen LogP contribution in [0.3, 0.4) is 0 Å². The molecule has 0 unspecified atom stereocenters. The molecule has 1 aromatic carbocycles. The maximum absolute atomic E-state index is 13.1. The van der Waals surface area contributed by atoms with Crippen LogP contribution in [0.15, 0.2) is 10.5 Å². The Labute approximate surface area is 82.3 Å². The number of nitrogens with two attached hydrogens (primary N) is 1. The molecule has 1 rings (SSSR count). The molecule has 0 aromatic heterocycles. The van der Waals surface area contributed by atoms with Crippen molar-refractivity contribution in [3.05, 3.63) is 26.9 Å². The monoisotopic (exact) mass is 253 g/mol. The van der Waals surface area contributed by atoms with Gasteiger partial charge in [-0.25, -0.2) is 4.39 Å². The van der Waals surface area contributed by atoms with E-state index in [0.29, 0.717) is 5.56 Å². The summed E-state index contributed by atoms with van der Waals surface area (Å²) < 4.78 is 13.2. The van der Waals surface area contributed by atoms with E-state index in [9.17, 15) is 4.39 Å². The van der Waals surface area contributed by atoms with E-state index in [1.165, 1.54) is 6.07 Å². The van der Waals surface area contributed by atoms with Gasteiger partial charge >= 0.3 is 0 Å². The molecular formula is C7H6BrClFNO. The highest BCUT2D eigenvalue weighted by Crippen LogP contribution is 2.31. The van der Waals surface area contributed by atoms with Gasteiger partial charge in [-0.15, -0.1) is 0 Å². The fourth-order valence-corrected chi connectivity index (χ4v) is 1.33. The molecule has 0 amide bonds. The molecule has 0 heterocycles. The van der Waals surface area contributed by atoms with Crippen LogP contribution in [0.25, 0.3) is 0 Å². The zero-order chi connectivity index (χ0) is 9.30. The topological polar surface area (TPSA) is 46.2 Å². The molecule has 0 saturated heterocycles. The molecule has 12 heavy (non-hydrogen) atoms. The Morgan fingerprint density at radius 2 is 2.25 bits per heavy atom. The second kappa shape index (κ2) is 3.60. The van der Waals surface area contributed by atoms with Crippen molar-refractivity contribution in [2.75, 3.05) is 5.73 Å². The van der Waals surface area contributed by atoms with Gasteiger partial charge in [-0.2, -0.15) is 0 Å². The summed E-state index contributed by atoms with van der Waals surface area (Å²) in [5.41, 5.74) is 5.56. The van der Waals surface area contributed by atoms with Crippen molar-refractivity contribution in [1.29, 1.82) is 0 Å². The third kappa shape index (κ3) is 1.55. The van der Waals surface area contributed by atoms with Crippen molar-refractivity contribution in [2.45, 2.75) is 6.61 Å². The molecule has 3 N–H and O–H groups in total. The number of aliphatic hydroxyl groups excluding tert-OH is 1. The van der Waals surface area contributed by atoms with E-state index >= 15 is 0 Å². The predicted molar refractivity (Wildman–Crippen MR) is 49.4 cm³/mol. The lowest BCUT2D eigenvalue weighted by Gasteiger charge is -2.06. The molecule has 66 valence electrons. The van der Waals surface area contributed by atoms with Gasteiger partial charge in [0.1, 0.15) is 0 Å². The number of aliphatic hydroxyl groups is 1. The Hall–Kier alpha value is -0.320. The van der Waals surface area contributed by atoms with E-state index in [4.69, 9.17) is 22.4 Å². The van der Waals surface area contributed by atoms with Crippen LogP contribution in [0.1, 0.15) is 5.56 Å². The Morgan fingerprint density at radius 1 is 1.67 bits per heavy atom. The van der Waals surface area contributed by atoms with Crippen LogP contribution in [0.4, 0.5) is 10.1 Å². The third-order valence-electron chi connectivity index (χ3n) is 1.46. The molecule has 0 fully saturated rings. The summed E-state index contributed by atoms with van der Waals surface area (Å²) in [5, 5.41) is 8.94. The molecule has 0 aliphatic heterocycles. The maximum Gasteiger partial charge on any atom is 0.162 e. The van der Waals surface area contributed by atoms with Crippen LogP contribution >= 0.6 is 27.5 Å². The van der Waals surface area contributed by atoms with Gasteiger partial charge in [0, 0.05) is 5.56 Å². The second-order valence-electron chi connectivity index (χ2n) is 2.22. The Morgan fingerprint density at radius 3 is 2.75 bits per heavy atom. The van der Waals surface area contributed by atoms with E-state index < -0.39 is 5.82 Å². The van der Waals surface area contributed by atoms with Gasteiger partial charge in [0.25, 0.3) is 0 Å². The standard InChI is InChI=1S/C7H6BrClFNO/c8-5-4(9)1-3(2-12)7(11)6(5)10/h1,12H,2,11H2. The average molecular weight is 254 g/mol. The predicted octanol–water partition coefficient (Wildman–Crippen LogP) is 2.32. The minimum Gasteiger partial charge on any atom is -0.396 e. The molecule has 0 spiro atoms. The highest BCUT2D eigenvalue weighted by Gasteiger charge is 2.12. The van der Waals surface area contributed by atoms with Crippen LogP contribution in [0.2, 0.25) is 5.02 Å². The fourth-order valence-electron chi connectivity index (χ4n) is 0.789. The molecule has 0 radical (unpaired) electrons. The lowest BCUT2D eigenvalue weighted by Crippen LogP contribution is -1.99. The SMILES string of the molecule is Nc1c(CO)cc(Cl)c(Br)c1F. The van der Waals surface area contributed by atoms with Gasteiger partial charge in [-0.3, -0.25) is 0 Å². The van der Waals surface area contributed by atoms with Crippen LogP contribution in [0, 0.1) is 5.82 Å². The second-order valence-corrected chi connectivity index (χ2v) is 3.42. The van der Waals surface area contributed by atoms with Gasteiger partial charge in [-0.1, -0.05) is 11.6 Å². The molecular weight excluding hydrogens is 248 g/mol. The molecule has 0 atom stereocenters. The van der Waals surface area contributed by atoms with Crippen LogP contribution in [0.5, 0.6) is 0 Å². The third-order valence-corrected chi connectivity index (χ3v) is 2.76. The van der Waals surface area contributed by atoms with Crippen molar-refractivity contribution in [1.82, 2.24) is 0 Å². The van der Waals surface area contributed by atoms with Crippen molar-refractivity contribution in [2.24, 2.45) is 0 Å². The molecule has 0 saturated carbocycles. The summed E-state index contributed by atoms with van der Waals surface area (Å²) in [4.78, 5) is 0. The zero-order valence-corrected chi connectivity index (χ0v) is 8.28. The molecule has 1 aromatic rings. The molecule has 0 aliphatic carbocycles. The quantitative estimate of drug-likeness (QED) is 0.597. The average Bonchev–Trinajstić information content (AvgIpc) is 2.08. The van der Waals surface area contributed by atoms with E-state index in [0.717, 1.165) is 0 Å². The number of hydrogen-bond acceptors (Lipinski definition) is 2. The molecule has 0 bridgehead atoms. The molecule has 0 aliphatic rings. The number of nitrogen functional groups attached to an aromatic ring is 1. The lowest BCUT2D eigenvalue weighted by atomic mass is 10.2. The normalized spacial score (nSPS) is 10.3. The first-order valence-corrected chi connectivity index (χ1v) is 4.27. The first-order chi connectivity index (χ1) is 5.57. The molecule has 2 nitrogen and oxygen atoms in total. The largest absolute Gasteiger partial charge is 0.396 e. The van der Waals surface area contributed by atoms with Crippen LogP contribution in [-0.4, -0.2) is 5.11 Å². The van der Waals surface area contributed by atoms with E-state index in [1.54, 1.807) is 0 Å².